The summed E-state index contributed by atoms with van der Waals surface area (Å²) in [4.78, 5) is 11.5. The van der Waals surface area contributed by atoms with Gasteiger partial charge in [-0.15, -0.1) is 0 Å². The van der Waals surface area contributed by atoms with E-state index in [0.29, 0.717) is 0 Å². The summed E-state index contributed by atoms with van der Waals surface area (Å²) >= 11 is 0. The highest BCUT2D eigenvalue weighted by Gasteiger charge is 2.21. The van der Waals surface area contributed by atoms with Crippen molar-refractivity contribution < 1.29 is 4.79 Å². The van der Waals surface area contributed by atoms with Crippen molar-refractivity contribution in [2.24, 2.45) is 0 Å². The Morgan fingerprint density at radius 2 is 2.13 bits per heavy atom. The van der Waals surface area contributed by atoms with Gasteiger partial charge in [0.15, 0.2) is 0 Å². The lowest BCUT2D eigenvalue weighted by Gasteiger charge is -2.23. The molecule has 80 valence electrons. The molecule has 1 aliphatic heterocycles. The fraction of sp³-hybridized carbons (Fsp3) is 0.417. The van der Waals surface area contributed by atoms with E-state index in [9.17, 15) is 4.79 Å². The zero-order valence-electron chi connectivity index (χ0n) is 8.92. The summed E-state index contributed by atoms with van der Waals surface area (Å²) in [5.41, 5.74) is 2.49. The van der Waals surface area contributed by atoms with Gasteiger partial charge in [-0.25, -0.2) is 0 Å². The van der Waals surface area contributed by atoms with Crippen molar-refractivity contribution in [1.82, 2.24) is 10.6 Å². The van der Waals surface area contributed by atoms with Gasteiger partial charge >= 0.3 is 0 Å². The molecular formula is C12H16N2O. The lowest BCUT2D eigenvalue weighted by atomic mass is 10.00. The van der Waals surface area contributed by atoms with Crippen molar-refractivity contribution in [3.05, 3.63) is 35.4 Å². The highest BCUT2D eigenvalue weighted by Crippen LogP contribution is 2.10. The van der Waals surface area contributed by atoms with Gasteiger partial charge in [0.05, 0.1) is 6.04 Å². The highest BCUT2D eigenvalue weighted by molar-refractivity contribution is 5.82. The number of benzene rings is 1. The first kappa shape index (κ1) is 10.2. The molecule has 15 heavy (non-hydrogen) atoms. The summed E-state index contributed by atoms with van der Waals surface area (Å²) in [6.45, 7) is 3.68. The monoisotopic (exact) mass is 204 g/mol. The zero-order valence-corrected chi connectivity index (χ0v) is 8.92. The minimum Gasteiger partial charge on any atom is -0.353 e. The van der Waals surface area contributed by atoms with Crippen LogP contribution >= 0.6 is 0 Å². The van der Waals surface area contributed by atoms with E-state index in [1.807, 2.05) is 12.1 Å². The van der Waals surface area contributed by atoms with Crippen molar-refractivity contribution in [1.29, 1.82) is 0 Å². The standard InChI is InChI=1S/C12H16N2O/c1-9-4-2-3-5-10(9)8-11-12(15)14-7-6-13-11/h2-5,11,13H,6-8H2,1H3,(H,14,15)/t11-/m0/s1. The predicted molar refractivity (Wildman–Crippen MR) is 59.7 cm³/mol. The molecule has 1 fully saturated rings. The van der Waals surface area contributed by atoms with Crippen LogP contribution in [0.15, 0.2) is 24.3 Å². The molecule has 1 heterocycles. The minimum absolute atomic E-state index is 0.0696. The third kappa shape index (κ3) is 2.36. The van der Waals surface area contributed by atoms with Crippen LogP contribution in [0.4, 0.5) is 0 Å². The fourth-order valence-electron chi connectivity index (χ4n) is 1.87. The molecule has 2 N–H and O–H groups in total. The van der Waals surface area contributed by atoms with Crippen LogP contribution in [-0.4, -0.2) is 25.0 Å². The van der Waals surface area contributed by atoms with Crippen LogP contribution in [0.5, 0.6) is 0 Å². The minimum atomic E-state index is -0.0696. The number of carbonyl (C=O) groups is 1. The molecular weight excluding hydrogens is 188 g/mol. The predicted octanol–water partition coefficient (Wildman–Crippen LogP) is 0.626. The molecule has 1 aromatic rings. The molecule has 1 amide bonds. The SMILES string of the molecule is Cc1ccccc1C[C@@H]1NCCNC1=O. The topological polar surface area (TPSA) is 41.1 Å². The van der Waals surface area contributed by atoms with Crippen molar-refractivity contribution in [2.45, 2.75) is 19.4 Å². The number of amides is 1. The zero-order chi connectivity index (χ0) is 10.7. The van der Waals surface area contributed by atoms with Crippen molar-refractivity contribution in [2.75, 3.05) is 13.1 Å². The van der Waals surface area contributed by atoms with E-state index in [1.54, 1.807) is 0 Å². The molecule has 1 aliphatic rings. The average Bonchev–Trinajstić information content (AvgIpc) is 2.24. The van der Waals surface area contributed by atoms with Gasteiger partial charge in [-0.1, -0.05) is 24.3 Å². The highest BCUT2D eigenvalue weighted by atomic mass is 16.2. The third-order valence-corrected chi connectivity index (χ3v) is 2.82. The van der Waals surface area contributed by atoms with Crippen LogP contribution in [0.2, 0.25) is 0 Å². The average molecular weight is 204 g/mol. The second-order valence-electron chi connectivity index (χ2n) is 3.93. The molecule has 1 atom stereocenters. The van der Waals surface area contributed by atoms with E-state index in [0.717, 1.165) is 19.5 Å². The van der Waals surface area contributed by atoms with Gasteiger partial charge in [-0.3, -0.25) is 4.79 Å². The second kappa shape index (κ2) is 4.45. The van der Waals surface area contributed by atoms with Crippen molar-refractivity contribution >= 4 is 5.91 Å². The number of rotatable bonds is 2. The Morgan fingerprint density at radius 3 is 2.87 bits per heavy atom. The van der Waals surface area contributed by atoms with E-state index < -0.39 is 0 Å². The smallest absolute Gasteiger partial charge is 0.237 e. The Balaban J connectivity index is 2.08. The van der Waals surface area contributed by atoms with Gasteiger partial charge in [0, 0.05) is 13.1 Å². The summed E-state index contributed by atoms with van der Waals surface area (Å²) in [6, 6.07) is 8.13. The molecule has 1 aromatic carbocycles. The van der Waals surface area contributed by atoms with E-state index >= 15 is 0 Å². The quantitative estimate of drug-likeness (QED) is 0.741. The summed E-state index contributed by atoms with van der Waals surface area (Å²) < 4.78 is 0. The molecule has 0 saturated carbocycles. The second-order valence-corrected chi connectivity index (χ2v) is 3.93. The lowest BCUT2D eigenvalue weighted by Crippen LogP contribution is -2.53. The summed E-state index contributed by atoms with van der Waals surface area (Å²) in [7, 11) is 0. The number of carbonyl (C=O) groups excluding carboxylic acids is 1. The van der Waals surface area contributed by atoms with Gasteiger partial charge in [0.1, 0.15) is 0 Å². The maximum absolute atomic E-state index is 11.5. The maximum Gasteiger partial charge on any atom is 0.237 e. The Labute approximate surface area is 89.9 Å². The molecule has 3 heteroatoms. The maximum atomic E-state index is 11.5. The van der Waals surface area contributed by atoms with Gasteiger partial charge < -0.3 is 10.6 Å². The van der Waals surface area contributed by atoms with E-state index in [2.05, 4.69) is 29.7 Å². The van der Waals surface area contributed by atoms with Crippen LogP contribution in [0.3, 0.4) is 0 Å². The first-order valence-electron chi connectivity index (χ1n) is 5.33. The molecule has 0 aromatic heterocycles. The molecule has 0 radical (unpaired) electrons. The third-order valence-electron chi connectivity index (χ3n) is 2.82. The Kier molecular flexibility index (Phi) is 3.02. The van der Waals surface area contributed by atoms with Crippen LogP contribution in [0, 0.1) is 6.92 Å². The fourth-order valence-corrected chi connectivity index (χ4v) is 1.87. The van der Waals surface area contributed by atoms with Gasteiger partial charge in [-0.2, -0.15) is 0 Å². The van der Waals surface area contributed by atoms with Crippen LogP contribution in [0.1, 0.15) is 11.1 Å². The summed E-state index contributed by atoms with van der Waals surface area (Å²) in [6.07, 6.45) is 0.776. The van der Waals surface area contributed by atoms with Crippen molar-refractivity contribution in [3.8, 4) is 0 Å². The number of aryl methyl sites for hydroxylation is 1. The first-order chi connectivity index (χ1) is 7.27. The summed E-state index contributed by atoms with van der Waals surface area (Å²) in [5.74, 6) is 0.115. The molecule has 2 rings (SSSR count). The van der Waals surface area contributed by atoms with Crippen LogP contribution in [0.25, 0.3) is 0 Å². The molecule has 0 spiro atoms. The van der Waals surface area contributed by atoms with Gasteiger partial charge in [0.2, 0.25) is 5.91 Å². The van der Waals surface area contributed by atoms with E-state index in [-0.39, 0.29) is 11.9 Å². The number of hydrogen-bond donors (Lipinski definition) is 2. The number of nitrogens with one attached hydrogen (secondary N) is 2. The number of piperazine rings is 1. The van der Waals surface area contributed by atoms with Gasteiger partial charge in [-0.05, 0) is 24.5 Å². The lowest BCUT2D eigenvalue weighted by molar-refractivity contribution is -0.124. The largest absolute Gasteiger partial charge is 0.353 e. The molecule has 0 aliphatic carbocycles. The van der Waals surface area contributed by atoms with Crippen molar-refractivity contribution in [3.63, 3.8) is 0 Å². The molecule has 0 bridgehead atoms. The van der Waals surface area contributed by atoms with E-state index in [4.69, 9.17) is 0 Å². The molecule has 0 unspecified atom stereocenters. The van der Waals surface area contributed by atoms with Crippen LogP contribution < -0.4 is 10.6 Å². The Bertz CT molecular complexity index is 362. The van der Waals surface area contributed by atoms with Gasteiger partial charge in [0.25, 0.3) is 0 Å². The Hall–Kier alpha value is -1.35. The molecule has 3 nitrogen and oxygen atoms in total. The Morgan fingerprint density at radius 1 is 1.33 bits per heavy atom. The number of hydrogen-bond acceptors (Lipinski definition) is 2. The normalized spacial score (nSPS) is 21.1. The summed E-state index contributed by atoms with van der Waals surface area (Å²) in [5, 5.41) is 6.10. The van der Waals surface area contributed by atoms with E-state index in [1.165, 1.54) is 11.1 Å². The van der Waals surface area contributed by atoms with Crippen LogP contribution in [-0.2, 0) is 11.2 Å². The first-order valence-corrected chi connectivity index (χ1v) is 5.33. The molecule has 1 saturated heterocycles.